The normalized spacial score (nSPS) is 10.3. The van der Waals surface area contributed by atoms with Crippen molar-refractivity contribution in [3.63, 3.8) is 0 Å². The van der Waals surface area contributed by atoms with Gasteiger partial charge in [0, 0.05) is 6.54 Å². The quantitative estimate of drug-likeness (QED) is 0.830. The second kappa shape index (κ2) is 8.29. The van der Waals surface area contributed by atoms with E-state index in [1.165, 1.54) is 11.1 Å². The van der Waals surface area contributed by atoms with Gasteiger partial charge in [-0.05, 0) is 50.5 Å². The van der Waals surface area contributed by atoms with Gasteiger partial charge in [0.25, 0.3) is 5.91 Å². The Balaban J connectivity index is 1.76. The fourth-order valence-corrected chi connectivity index (χ4v) is 2.59. The first-order valence-corrected chi connectivity index (χ1v) is 8.02. The van der Waals surface area contributed by atoms with Gasteiger partial charge in [-0.25, -0.2) is 4.79 Å². The number of carbonyl (C=O) groups excluding carboxylic acids is 2. The summed E-state index contributed by atoms with van der Waals surface area (Å²) in [7, 11) is 0. The zero-order valence-electron chi connectivity index (χ0n) is 14.4. The molecule has 0 aliphatic rings. The molecule has 0 bridgehead atoms. The highest BCUT2D eigenvalue weighted by Gasteiger charge is 2.11. The third kappa shape index (κ3) is 5.23. The summed E-state index contributed by atoms with van der Waals surface area (Å²) in [5.74, 6) is -0.767. The summed E-state index contributed by atoms with van der Waals surface area (Å²) in [5, 5.41) is 2.77. The number of esters is 1. The van der Waals surface area contributed by atoms with Crippen LogP contribution >= 0.6 is 0 Å². The van der Waals surface area contributed by atoms with E-state index in [1.807, 2.05) is 51.1 Å². The van der Waals surface area contributed by atoms with Gasteiger partial charge in [0.15, 0.2) is 6.61 Å². The van der Waals surface area contributed by atoms with Gasteiger partial charge in [-0.2, -0.15) is 0 Å². The van der Waals surface area contributed by atoms with E-state index >= 15 is 0 Å². The highest BCUT2D eigenvalue weighted by atomic mass is 16.5. The first-order valence-electron chi connectivity index (χ1n) is 8.02. The average molecular weight is 325 g/mol. The Hall–Kier alpha value is -2.62. The summed E-state index contributed by atoms with van der Waals surface area (Å²) in [5.41, 5.74) is 4.85. The Labute approximate surface area is 142 Å². The molecular formula is C20H23NO3. The lowest BCUT2D eigenvalue weighted by Gasteiger charge is -2.09. The van der Waals surface area contributed by atoms with Crippen molar-refractivity contribution < 1.29 is 14.3 Å². The molecule has 24 heavy (non-hydrogen) atoms. The first-order chi connectivity index (χ1) is 11.5. The lowest BCUT2D eigenvalue weighted by atomic mass is 10.1. The van der Waals surface area contributed by atoms with Crippen molar-refractivity contribution in [3.8, 4) is 0 Å². The molecule has 0 aromatic heterocycles. The number of ether oxygens (including phenoxy) is 1. The van der Waals surface area contributed by atoms with Gasteiger partial charge < -0.3 is 10.1 Å². The fourth-order valence-electron chi connectivity index (χ4n) is 2.59. The Morgan fingerprint density at radius 3 is 2.33 bits per heavy atom. The molecule has 0 aliphatic carbocycles. The standard InChI is InChI=1S/C20H23NO3/c1-14-10-15(2)12-18(11-14)20(23)24-13-19(22)21-9-8-17-7-5-4-6-16(17)3/h4-7,10-12H,8-9,13H2,1-3H3,(H,21,22). The predicted molar refractivity (Wildman–Crippen MR) is 94.1 cm³/mol. The highest BCUT2D eigenvalue weighted by Crippen LogP contribution is 2.10. The van der Waals surface area contributed by atoms with Gasteiger partial charge in [-0.3, -0.25) is 4.79 Å². The van der Waals surface area contributed by atoms with Crippen LogP contribution in [0.2, 0.25) is 0 Å². The minimum Gasteiger partial charge on any atom is -0.452 e. The number of aryl methyl sites for hydroxylation is 3. The predicted octanol–water partition coefficient (Wildman–Crippen LogP) is 3.13. The fraction of sp³-hybridized carbons (Fsp3) is 0.300. The Kier molecular flexibility index (Phi) is 6.13. The van der Waals surface area contributed by atoms with Crippen LogP contribution in [0.1, 0.15) is 32.6 Å². The molecule has 0 atom stereocenters. The molecule has 2 rings (SSSR count). The minimum atomic E-state index is -0.476. The van der Waals surface area contributed by atoms with Crippen molar-refractivity contribution in [2.75, 3.05) is 13.2 Å². The monoisotopic (exact) mass is 325 g/mol. The molecular weight excluding hydrogens is 302 g/mol. The Bertz CT molecular complexity index is 717. The van der Waals surface area contributed by atoms with E-state index in [2.05, 4.69) is 5.32 Å². The number of hydrogen-bond donors (Lipinski definition) is 1. The van der Waals surface area contributed by atoms with Crippen LogP contribution in [0.3, 0.4) is 0 Å². The molecule has 2 aromatic rings. The second-order valence-corrected chi connectivity index (χ2v) is 5.98. The van der Waals surface area contributed by atoms with Crippen LogP contribution < -0.4 is 5.32 Å². The van der Waals surface area contributed by atoms with E-state index in [0.29, 0.717) is 12.1 Å². The number of hydrogen-bond acceptors (Lipinski definition) is 3. The zero-order chi connectivity index (χ0) is 17.5. The lowest BCUT2D eigenvalue weighted by Crippen LogP contribution is -2.30. The summed E-state index contributed by atoms with van der Waals surface area (Å²) in [6, 6.07) is 13.6. The summed E-state index contributed by atoms with van der Waals surface area (Å²) < 4.78 is 5.08. The molecule has 1 N–H and O–H groups in total. The minimum absolute atomic E-state index is 0.264. The SMILES string of the molecule is Cc1cc(C)cc(C(=O)OCC(=O)NCCc2ccccc2C)c1. The molecule has 0 radical (unpaired) electrons. The van der Waals surface area contributed by atoms with Gasteiger partial charge >= 0.3 is 5.97 Å². The molecule has 4 nitrogen and oxygen atoms in total. The van der Waals surface area contributed by atoms with Crippen LogP contribution in [0.4, 0.5) is 0 Å². The third-order valence-electron chi connectivity index (χ3n) is 3.77. The number of carbonyl (C=O) groups is 2. The van der Waals surface area contributed by atoms with Gasteiger partial charge in [0.1, 0.15) is 0 Å². The summed E-state index contributed by atoms with van der Waals surface area (Å²) >= 11 is 0. The van der Waals surface area contributed by atoms with Gasteiger partial charge in [0.05, 0.1) is 5.56 Å². The van der Waals surface area contributed by atoms with Crippen LogP contribution in [0.25, 0.3) is 0 Å². The number of amides is 1. The highest BCUT2D eigenvalue weighted by molar-refractivity contribution is 5.91. The van der Waals surface area contributed by atoms with Gasteiger partial charge in [-0.15, -0.1) is 0 Å². The molecule has 2 aromatic carbocycles. The lowest BCUT2D eigenvalue weighted by molar-refractivity contribution is -0.124. The number of nitrogens with one attached hydrogen (secondary N) is 1. The maximum absolute atomic E-state index is 12.0. The maximum Gasteiger partial charge on any atom is 0.338 e. The van der Waals surface area contributed by atoms with E-state index in [1.54, 1.807) is 12.1 Å². The smallest absolute Gasteiger partial charge is 0.338 e. The van der Waals surface area contributed by atoms with Crippen molar-refractivity contribution >= 4 is 11.9 Å². The van der Waals surface area contributed by atoms with Crippen LogP contribution in [0, 0.1) is 20.8 Å². The van der Waals surface area contributed by atoms with Crippen molar-refractivity contribution in [2.24, 2.45) is 0 Å². The Morgan fingerprint density at radius 2 is 1.67 bits per heavy atom. The summed E-state index contributed by atoms with van der Waals surface area (Å²) in [6.45, 7) is 6.14. The van der Waals surface area contributed by atoms with E-state index in [9.17, 15) is 9.59 Å². The molecule has 0 heterocycles. The Morgan fingerprint density at radius 1 is 1.00 bits per heavy atom. The summed E-state index contributed by atoms with van der Waals surface area (Å²) in [6.07, 6.45) is 0.753. The molecule has 0 saturated carbocycles. The van der Waals surface area contributed by atoms with Crippen LogP contribution in [0.5, 0.6) is 0 Å². The maximum atomic E-state index is 12.0. The molecule has 1 amide bonds. The molecule has 126 valence electrons. The molecule has 0 aliphatic heterocycles. The molecule has 0 unspecified atom stereocenters. The van der Waals surface area contributed by atoms with E-state index < -0.39 is 5.97 Å². The second-order valence-electron chi connectivity index (χ2n) is 5.98. The number of rotatable bonds is 6. The van der Waals surface area contributed by atoms with Crippen molar-refractivity contribution in [2.45, 2.75) is 27.2 Å². The summed E-state index contributed by atoms with van der Waals surface area (Å²) in [4.78, 5) is 23.8. The van der Waals surface area contributed by atoms with Crippen molar-refractivity contribution in [3.05, 3.63) is 70.3 Å². The van der Waals surface area contributed by atoms with Crippen LogP contribution in [0.15, 0.2) is 42.5 Å². The van der Waals surface area contributed by atoms with Crippen LogP contribution in [-0.4, -0.2) is 25.0 Å². The largest absolute Gasteiger partial charge is 0.452 e. The topological polar surface area (TPSA) is 55.4 Å². The molecule has 0 fully saturated rings. The van der Waals surface area contributed by atoms with Crippen molar-refractivity contribution in [1.82, 2.24) is 5.32 Å². The zero-order valence-corrected chi connectivity index (χ0v) is 14.4. The van der Waals surface area contributed by atoms with Gasteiger partial charge in [0.2, 0.25) is 0 Å². The number of benzene rings is 2. The van der Waals surface area contributed by atoms with Crippen molar-refractivity contribution in [1.29, 1.82) is 0 Å². The van der Waals surface area contributed by atoms with Crippen LogP contribution in [-0.2, 0) is 16.0 Å². The van der Waals surface area contributed by atoms with E-state index in [0.717, 1.165) is 17.5 Å². The first kappa shape index (κ1) is 17.7. The van der Waals surface area contributed by atoms with E-state index in [4.69, 9.17) is 4.74 Å². The van der Waals surface area contributed by atoms with E-state index in [-0.39, 0.29) is 12.5 Å². The van der Waals surface area contributed by atoms with Gasteiger partial charge in [-0.1, -0.05) is 41.5 Å². The molecule has 0 spiro atoms. The third-order valence-corrected chi connectivity index (χ3v) is 3.77. The molecule has 4 heteroatoms. The average Bonchev–Trinajstić information content (AvgIpc) is 2.53. The molecule has 0 saturated heterocycles.